The van der Waals surface area contributed by atoms with Crippen LogP contribution in [0.4, 0.5) is 0 Å². The second-order valence-corrected chi connectivity index (χ2v) is 5.98. The van der Waals surface area contributed by atoms with E-state index in [0.717, 1.165) is 5.92 Å². The van der Waals surface area contributed by atoms with Crippen LogP contribution in [-0.4, -0.2) is 23.5 Å². The molecule has 2 unspecified atom stereocenters. The van der Waals surface area contributed by atoms with E-state index in [9.17, 15) is 0 Å². The number of nitrogens with zero attached hydrogens (tertiary/aromatic N) is 1. The Labute approximate surface area is 112 Å². The zero-order chi connectivity index (χ0) is 12.4. The monoisotopic (exact) mass is 258 g/mol. The molecule has 0 spiro atoms. The molecule has 1 saturated heterocycles. The van der Waals surface area contributed by atoms with Gasteiger partial charge in [-0.05, 0) is 47.9 Å². The van der Waals surface area contributed by atoms with Gasteiger partial charge >= 0.3 is 0 Å². The molecule has 1 aliphatic rings. The Balaban J connectivity index is 2.06. The fraction of sp³-hybridized carbons (Fsp3) is 0.400. The van der Waals surface area contributed by atoms with Crippen LogP contribution in [0.2, 0.25) is 0 Å². The van der Waals surface area contributed by atoms with Gasteiger partial charge in [0, 0.05) is 23.8 Å². The van der Waals surface area contributed by atoms with Gasteiger partial charge in [-0.2, -0.15) is 11.8 Å². The van der Waals surface area contributed by atoms with Crippen molar-refractivity contribution in [1.82, 2.24) is 10.3 Å². The van der Waals surface area contributed by atoms with Crippen LogP contribution < -0.4 is 5.32 Å². The highest BCUT2D eigenvalue weighted by Crippen LogP contribution is 2.36. The zero-order valence-electron chi connectivity index (χ0n) is 10.6. The Kier molecular flexibility index (Phi) is 3.52. The number of hydrogen-bond acceptors (Lipinski definition) is 3. The van der Waals surface area contributed by atoms with Crippen LogP contribution in [0, 0.1) is 5.92 Å². The van der Waals surface area contributed by atoms with Crippen LogP contribution in [0.3, 0.4) is 0 Å². The molecule has 1 aliphatic heterocycles. The lowest BCUT2D eigenvalue weighted by Gasteiger charge is -2.24. The summed E-state index contributed by atoms with van der Waals surface area (Å²) in [6.45, 7) is 0. The molecule has 18 heavy (non-hydrogen) atoms. The summed E-state index contributed by atoms with van der Waals surface area (Å²) in [4.78, 5) is 4.28. The second kappa shape index (κ2) is 5.29. The fourth-order valence-electron chi connectivity index (χ4n) is 2.87. The smallest absolute Gasteiger partial charge is 0.0361 e. The van der Waals surface area contributed by atoms with E-state index >= 15 is 0 Å². The highest BCUT2D eigenvalue weighted by atomic mass is 32.2. The van der Waals surface area contributed by atoms with Gasteiger partial charge in [0.15, 0.2) is 0 Å². The lowest BCUT2D eigenvalue weighted by Crippen LogP contribution is -2.25. The summed E-state index contributed by atoms with van der Waals surface area (Å²) in [6, 6.07) is 9.11. The van der Waals surface area contributed by atoms with Gasteiger partial charge < -0.3 is 5.32 Å². The molecule has 0 aliphatic carbocycles. The average molecular weight is 258 g/mol. The van der Waals surface area contributed by atoms with Crippen molar-refractivity contribution in [3.8, 4) is 0 Å². The Morgan fingerprint density at radius 2 is 2.33 bits per heavy atom. The van der Waals surface area contributed by atoms with Crippen molar-refractivity contribution in [2.45, 2.75) is 12.5 Å². The molecular weight excluding hydrogens is 240 g/mol. The summed E-state index contributed by atoms with van der Waals surface area (Å²) >= 11 is 2.07. The van der Waals surface area contributed by atoms with Crippen LogP contribution in [-0.2, 0) is 0 Å². The minimum atomic E-state index is 0.452. The van der Waals surface area contributed by atoms with Crippen molar-refractivity contribution in [2.24, 2.45) is 5.92 Å². The molecule has 94 valence electrons. The van der Waals surface area contributed by atoms with Gasteiger partial charge in [-0.15, -0.1) is 0 Å². The van der Waals surface area contributed by atoms with Gasteiger partial charge in [0.2, 0.25) is 0 Å². The van der Waals surface area contributed by atoms with E-state index in [0.29, 0.717) is 6.04 Å². The van der Waals surface area contributed by atoms with Crippen LogP contribution in [0.1, 0.15) is 18.0 Å². The maximum Gasteiger partial charge on any atom is 0.0361 e. The number of rotatable bonds is 3. The van der Waals surface area contributed by atoms with Crippen molar-refractivity contribution in [1.29, 1.82) is 0 Å². The number of benzene rings is 1. The Hall–Kier alpha value is -1.06. The Morgan fingerprint density at radius 3 is 3.11 bits per heavy atom. The topological polar surface area (TPSA) is 24.9 Å². The Bertz CT molecular complexity index is 530. The summed E-state index contributed by atoms with van der Waals surface area (Å²) in [5.74, 6) is 3.30. The van der Waals surface area contributed by atoms with Gasteiger partial charge in [-0.3, -0.25) is 4.98 Å². The van der Waals surface area contributed by atoms with E-state index in [1.807, 2.05) is 12.4 Å². The predicted molar refractivity (Wildman–Crippen MR) is 79.0 cm³/mol. The van der Waals surface area contributed by atoms with Crippen molar-refractivity contribution in [3.63, 3.8) is 0 Å². The van der Waals surface area contributed by atoms with Gasteiger partial charge in [-0.25, -0.2) is 0 Å². The quantitative estimate of drug-likeness (QED) is 0.915. The van der Waals surface area contributed by atoms with Crippen LogP contribution in [0.25, 0.3) is 10.8 Å². The summed E-state index contributed by atoms with van der Waals surface area (Å²) in [5, 5.41) is 6.09. The summed E-state index contributed by atoms with van der Waals surface area (Å²) in [5.41, 5.74) is 1.40. The molecule has 1 fully saturated rings. The number of pyridine rings is 1. The van der Waals surface area contributed by atoms with Crippen molar-refractivity contribution in [2.75, 3.05) is 18.6 Å². The lowest BCUT2D eigenvalue weighted by atomic mass is 9.90. The molecule has 3 rings (SSSR count). The van der Waals surface area contributed by atoms with Crippen molar-refractivity contribution < 1.29 is 0 Å². The van der Waals surface area contributed by atoms with E-state index < -0.39 is 0 Å². The first kappa shape index (κ1) is 12.0. The van der Waals surface area contributed by atoms with Gasteiger partial charge in [0.1, 0.15) is 0 Å². The summed E-state index contributed by atoms with van der Waals surface area (Å²) in [7, 11) is 2.07. The molecule has 0 amide bonds. The number of thioether (sulfide) groups is 1. The standard InChI is InChI=1S/C15H18N2S/c1-16-15(12-6-8-18-10-12)13-4-2-3-11-5-7-17-9-14(11)13/h2-5,7,9,12,15-16H,6,8,10H2,1H3. The zero-order valence-corrected chi connectivity index (χ0v) is 11.4. The third-order valence-electron chi connectivity index (χ3n) is 3.80. The van der Waals surface area contributed by atoms with Crippen LogP contribution in [0.5, 0.6) is 0 Å². The number of hydrogen-bond donors (Lipinski definition) is 1. The third-order valence-corrected chi connectivity index (χ3v) is 4.99. The highest BCUT2D eigenvalue weighted by molar-refractivity contribution is 7.99. The number of nitrogens with one attached hydrogen (secondary N) is 1. The molecule has 0 radical (unpaired) electrons. The van der Waals surface area contributed by atoms with Gasteiger partial charge in [-0.1, -0.05) is 18.2 Å². The fourth-order valence-corrected chi connectivity index (χ4v) is 4.17. The van der Waals surface area contributed by atoms with E-state index in [1.54, 1.807) is 0 Å². The molecule has 1 aromatic carbocycles. The second-order valence-electron chi connectivity index (χ2n) is 4.83. The molecule has 0 saturated carbocycles. The van der Waals surface area contributed by atoms with Crippen molar-refractivity contribution in [3.05, 3.63) is 42.2 Å². The van der Waals surface area contributed by atoms with Crippen molar-refractivity contribution >= 4 is 22.5 Å². The highest BCUT2D eigenvalue weighted by Gasteiger charge is 2.26. The van der Waals surface area contributed by atoms with E-state index in [4.69, 9.17) is 0 Å². The molecule has 1 N–H and O–H groups in total. The molecule has 2 atom stereocenters. The number of aromatic nitrogens is 1. The van der Waals surface area contributed by atoms with Gasteiger partial charge in [0.25, 0.3) is 0 Å². The normalized spacial score (nSPS) is 21.3. The van der Waals surface area contributed by atoms with E-state index in [1.165, 1.54) is 34.3 Å². The first-order valence-electron chi connectivity index (χ1n) is 6.48. The average Bonchev–Trinajstić information content (AvgIpc) is 2.94. The molecule has 3 heteroatoms. The van der Waals surface area contributed by atoms with Crippen LogP contribution >= 0.6 is 11.8 Å². The molecule has 2 nitrogen and oxygen atoms in total. The number of fused-ring (bicyclic) bond motifs is 1. The lowest BCUT2D eigenvalue weighted by molar-refractivity contribution is 0.422. The van der Waals surface area contributed by atoms with Gasteiger partial charge in [0.05, 0.1) is 0 Å². The maximum absolute atomic E-state index is 4.28. The molecular formula is C15H18N2S. The summed E-state index contributed by atoms with van der Waals surface area (Å²) in [6.07, 6.45) is 5.18. The molecule has 2 heterocycles. The molecule has 2 aromatic rings. The maximum atomic E-state index is 4.28. The first-order valence-corrected chi connectivity index (χ1v) is 7.63. The SMILES string of the molecule is CNC(c1cccc2ccncc12)C1CCSC1. The minimum absolute atomic E-state index is 0.452. The Morgan fingerprint density at radius 1 is 1.39 bits per heavy atom. The predicted octanol–water partition coefficient (Wildman–Crippen LogP) is 3.25. The minimum Gasteiger partial charge on any atom is -0.313 e. The van der Waals surface area contributed by atoms with E-state index in [2.05, 4.69) is 53.4 Å². The molecule has 1 aromatic heterocycles. The summed E-state index contributed by atoms with van der Waals surface area (Å²) < 4.78 is 0. The van der Waals surface area contributed by atoms with Crippen LogP contribution in [0.15, 0.2) is 36.7 Å². The largest absolute Gasteiger partial charge is 0.313 e. The van der Waals surface area contributed by atoms with E-state index in [-0.39, 0.29) is 0 Å². The molecule has 0 bridgehead atoms. The first-order chi connectivity index (χ1) is 8.90. The third kappa shape index (κ3) is 2.13.